The van der Waals surface area contributed by atoms with Crippen molar-refractivity contribution in [2.24, 2.45) is 0 Å². The van der Waals surface area contributed by atoms with Crippen molar-refractivity contribution < 1.29 is 23.8 Å². The lowest BCUT2D eigenvalue weighted by Gasteiger charge is -2.12. The standard InChI is InChI=1S/C16H14O5/c1-11(17)19-14-8-9-15(20-12(2)18)16(10-14)21-13-6-4-3-5-7-13/h3-10H,1-2H3. The van der Waals surface area contributed by atoms with Crippen LogP contribution in [0.5, 0.6) is 23.0 Å². The molecular formula is C16H14O5. The van der Waals surface area contributed by atoms with Crippen molar-refractivity contribution >= 4 is 11.9 Å². The van der Waals surface area contributed by atoms with Gasteiger partial charge in [-0.05, 0) is 24.3 Å². The summed E-state index contributed by atoms with van der Waals surface area (Å²) in [7, 11) is 0. The molecule has 0 saturated carbocycles. The zero-order valence-electron chi connectivity index (χ0n) is 11.7. The molecule has 108 valence electrons. The van der Waals surface area contributed by atoms with Crippen molar-refractivity contribution in [1.29, 1.82) is 0 Å². The van der Waals surface area contributed by atoms with Crippen LogP contribution in [0.4, 0.5) is 0 Å². The second-order valence-corrected chi connectivity index (χ2v) is 4.21. The van der Waals surface area contributed by atoms with E-state index in [1.807, 2.05) is 18.2 Å². The van der Waals surface area contributed by atoms with Gasteiger partial charge in [0.15, 0.2) is 11.5 Å². The first-order valence-electron chi connectivity index (χ1n) is 6.28. The van der Waals surface area contributed by atoms with Crippen LogP contribution in [-0.2, 0) is 9.59 Å². The highest BCUT2D eigenvalue weighted by Gasteiger charge is 2.11. The molecule has 5 nitrogen and oxygen atoms in total. The molecule has 2 aromatic rings. The second kappa shape index (κ2) is 6.56. The number of carbonyl (C=O) groups is 2. The summed E-state index contributed by atoms with van der Waals surface area (Å²) in [5, 5.41) is 0. The Morgan fingerprint density at radius 3 is 2.05 bits per heavy atom. The Morgan fingerprint density at radius 1 is 0.762 bits per heavy atom. The molecule has 0 spiro atoms. The van der Waals surface area contributed by atoms with Gasteiger partial charge >= 0.3 is 11.9 Å². The normalized spacial score (nSPS) is 9.81. The van der Waals surface area contributed by atoms with Crippen LogP contribution >= 0.6 is 0 Å². The molecule has 0 fully saturated rings. The maximum Gasteiger partial charge on any atom is 0.308 e. The van der Waals surface area contributed by atoms with Crippen LogP contribution in [0, 0.1) is 0 Å². The van der Waals surface area contributed by atoms with Crippen molar-refractivity contribution in [3.05, 3.63) is 48.5 Å². The Hall–Kier alpha value is -2.82. The van der Waals surface area contributed by atoms with E-state index in [0.29, 0.717) is 11.5 Å². The molecule has 0 unspecified atom stereocenters. The molecule has 2 rings (SSSR count). The third-order valence-corrected chi connectivity index (χ3v) is 2.40. The van der Waals surface area contributed by atoms with Gasteiger partial charge in [-0.1, -0.05) is 18.2 Å². The highest BCUT2D eigenvalue weighted by atomic mass is 16.6. The van der Waals surface area contributed by atoms with E-state index in [9.17, 15) is 9.59 Å². The van der Waals surface area contributed by atoms with Crippen molar-refractivity contribution in [2.45, 2.75) is 13.8 Å². The van der Waals surface area contributed by atoms with E-state index in [1.165, 1.54) is 32.0 Å². The third-order valence-electron chi connectivity index (χ3n) is 2.40. The SMILES string of the molecule is CC(=O)Oc1ccc(OC(C)=O)c(Oc2ccccc2)c1. The Labute approximate surface area is 122 Å². The van der Waals surface area contributed by atoms with E-state index < -0.39 is 11.9 Å². The Bertz CT molecular complexity index is 649. The molecule has 0 aliphatic carbocycles. The van der Waals surface area contributed by atoms with Gasteiger partial charge in [0.25, 0.3) is 0 Å². The summed E-state index contributed by atoms with van der Waals surface area (Å²) < 4.78 is 15.7. The van der Waals surface area contributed by atoms with Crippen LogP contribution < -0.4 is 14.2 Å². The van der Waals surface area contributed by atoms with E-state index in [-0.39, 0.29) is 11.5 Å². The van der Waals surface area contributed by atoms with Gasteiger partial charge in [-0.2, -0.15) is 0 Å². The highest BCUT2D eigenvalue weighted by Crippen LogP contribution is 2.35. The molecule has 2 aromatic carbocycles. The molecule has 0 bridgehead atoms. The Morgan fingerprint density at radius 2 is 1.43 bits per heavy atom. The number of benzene rings is 2. The van der Waals surface area contributed by atoms with Gasteiger partial charge in [0, 0.05) is 19.9 Å². The first kappa shape index (κ1) is 14.6. The summed E-state index contributed by atoms with van der Waals surface area (Å²) in [6.45, 7) is 2.60. The van der Waals surface area contributed by atoms with Crippen LogP contribution in [0.2, 0.25) is 0 Å². The number of esters is 2. The number of hydrogen-bond donors (Lipinski definition) is 0. The topological polar surface area (TPSA) is 61.8 Å². The highest BCUT2D eigenvalue weighted by molar-refractivity contribution is 5.72. The molecule has 0 saturated heterocycles. The van der Waals surface area contributed by atoms with E-state index in [2.05, 4.69) is 0 Å². The molecule has 0 aromatic heterocycles. The summed E-state index contributed by atoms with van der Waals surface area (Å²) in [5.74, 6) is 0.515. The minimum Gasteiger partial charge on any atom is -0.453 e. The summed E-state index contributed by atoms with van der Waals surface area (Å²) in [6.07, 6.45) is 0. The summed E-state index contributed by atoms with van der Waals surface area (Å²) in [5.41, 5.74) is 0. The van der Waals surface area contributed by atoms with Crippen LogP contribution in [-0.4, -0.2) is 11.9 Å². The lowest BCUT2D eigenvalue weighted by atomic mass is 10.3. The van der Waals surface area contributed by atoms with Gasteiger partial charge < -0.3 is 14.2 Å². The van der Waals surface area contributed by atoms with Gasteiger partial charge in [-0.15, -0.1) is 0 Å². The average molecular weight is 286 g/mol. The number of carbonyl (C=O) groups excluding carboxylic acids is 2. The Kier molecular flexibility index (Phi) is 4.56. The van der Waals surface area contributed by atoms with Crippen LogP contribution in [0.1, 0.15) is 13.8 Å². The van der Waals surface area contributed by atoms with Gasteiger partial charge in [0.2, 0.25) is 0 Å². The third kappa shape index (κ3) is 4.35. The molecular weight excluding hydrogens is 272 g/mol. The van der Waals surface area contributed by atoms with Crippen molar-refractivity contribution in [3.8, 4) is 23.0 Å². The van der Waals surface area contributed by atoms with Gasteiger partial charge in [-0.3, -0.25) is 9.59 Å². The largest absolute Gasteiger partial charge is 0.453 e. The van der Waals surface area contributed by atoms with E-state index in [1.54, 1.807) is 12.1 Å². The smallest absolute Gasteiger partial charge is 0.308 e. The van der Waals surface area contributed by atoms with Crippen molar-refractivity contribution in [1.82, 2.24) is 0 Å². The molecule has 0 N–H and O–H groups in total. The molecule has 5 heteroatoms. The van der Waals surface area contributed by atoms with Crippen LogP contribution in [0.25, 0.3) is 0 Å². The molecule has 0 heterocycles. The average Bonchev–Trinajstić information content (AvgIpc) is 2.42. The van der Waals surface area contributed by atoms with Crippen LogP contribution in [0.15, 0.2) is 48.5 Å². The fourth-order valence-corrected chi connectivity index (χ4v) is 1.65. The lowest BCUT2D eigenvalue weighted by molar-refractivity contribution is -0.133. The first-order valence-corrected chi connectivity index (χ1v) is 6.28. The number of rotatable bonds is 4. The van der Waals surface area contributed by atoms with Crippen molar-refractivity contribution in [2.75, 3.05) is 0 Å². The minimum atomic E-state index is -0.465. The summed E-state index contributed by atoms with van der Waals surface area (Å²) >= 11 is 0. The predicted octanol–water partition coefficient (Wildman–Crippen LogP) is 3.33. The molecule has 21 heavy (non-hydrogen) atoms. The fourth-order valence-electron chi connectivity index (χ4n) is 1.65. The summed E-state index contributed by atoms with van der Waals surface area (Å²) in [4.78, 5) is 22.1. The van der Waals surface area contributed by atoms with E-state index in [0.717, 1.165) is 0 Å². The lowest BCUT2D eigenvalue weighted by Crippen LogP contribution is -2.04. The van der Waals surface area contributed by atoms with E-state index in [4.69, 9.17) is 14.2 Å². The fraction of sp³-hybridized carbons (Fsp3) is 0.125. The van der Waals surface area contributed by atoms with E-state index >= 15 is 0 Å². The number of para-hydroxylation sites is 1. The quantitative estimate of drug-likeness (QED) is 0.637. The van der Waals surface area contributed by atoms with Gasteiger partial charge in [0.1, 0.15) is 11.5 Å². The van der Waals surface area contributed by atoms with Crippen LogP contribution in [0.3, 0.4) is 0 Å². The molecule has 0 amide bonds. The molecule has 0 aliphatic rings. The first-order chi connectivity index (χ1) is 10.0. The summed E-state index contributed by atoms with van der Waals surface area (Å²) in [6, 6.07) is 13.5. The Balaban J connectivity index is 2.33. The van der Waals surface area contributed by atoms with Gasteiger partial charge in [0.05, 0.1) is 0 Å². The zero-order valence-corrected chi connectivity index (χ0v) is 11.7. The maximum absolute atomic E-state index is 11.1. The zero-order chi connectivity index (χ0) is 15.2. The molecule has 0 radical (unpaired) electrons. The van der Waals surface area contributed by atoms with Crippen molar-refractivity contribution in [3.63, 3.8) is 0 Å². The monoisotopic (exact) mass is 286 g/mol. The molecule has 0 atom stereocenters. The van der Waals surface area contributed by atoms with Gasteiger partial charge in [-0.25, -0.2) is 0 Å². The maximum atomic E-state index is 11.1. The second-order valence-electron chi connectivity index (χ2n) is 4.21. The number of ether oxygens (including phenoxy) is 3. The number of hydrogen-bond acceptors (Lipinski definition) is 5. The predicted molar refractivity (Wildman–Crippen MR) is 75.6 cm³/mol. The minimum absolute atomic E-state index is 0.252. The molecule has 0 aliphatic heterocycles.